The first-order valence-electron chi connectivity index (χ1n) is 3.39. The Morgan fingerprint density at radius 3 is 1.85 bits per heavy atom. The van der Waals surface area contributed by atoms with Crippen molar-refractivity contribution in [2.75, 3.05) is 0 Å². The van der Waals surface area contributed by atoms with Crippen molar-refractivity contribution in [2.24, 2.45) is 0 Å². The SMILES string of the molecule is C=CC(F)(F)CCC(F)(F)C(F)F. The summed E-state index contributed by atoms with van der Waals surface area (Å²) in [5.74, 6) is -7.87. The van der Waals surface area contributed by atoms with Gasteiger partial charge in [-0.3, -0.25) is 0 Å². The first-order valence-corrected chi connectivity index (χ1v) is 3.39. The van der Waals surface area contributed by atoms with Crippen molar-refractivity contribution in [3.8, 4) is 0 Å². The molecule has 13 heavy (non-hydrogen) atoms. The van der Waals surface area contributed by atoms with Crippen LogP contribution in [0.1, 0.15) is 12.8 Å². The quantitative estimate of drug-likeness (QED) is 0.477. The van der Waals surface area contributed by atoms with Crippen molar-refractivity contribution in [1.29, 1.82) is 0 Å². The fourth-order valence-electron chi connectivity index (χ4n) is 0.544. The van der Waals surface area contributed by atoms with Crippen molar-refractivity contribution in [3.05, 3.63) is 12.7 Å². The van der Waals surface area contributed by atoms with Crippen LogP contribution in [0.4, 0.5) is 26.3 Å². The normalized spacial score (nSPS) is 13.5. The molecule has 0 unspecified atom stereocenters. The van der Waals surface area contributed by atoms with Gasteiger partial charge < -0.3 is 0 Å². The molecule has 0 aliphatic heterocycles. The highest BCUT2D eigenvalue weighted by Crippen LogP contribution is 2.32. The van der Waals surface area contributed by atoms with Crippen molar-refractivity contribution in [3.63, 3.8) is 0 Å². The molecule has 0 aromatic heterocycles. The van der Waals surface area contributed by atoms with Crippen molar-refractivity contribution in [1.82, 2.24) is 0 Å². The van der Waals surface area contributed by atoms with E-state index in [2.05, 4.69) is 6.58 Å². The maximum absolute atomic E-state index is 12.3. The molecule has 0 N–H and O–H groups in total. The van der Waals surface area contributed by atoms with Gasteiger partial charge in [0.2, 0.25) is 0 Å². The average Bonchev–Trinajstić information content (AvgIpc) is 2.01. The second-order valence-corrected chi connectivity index (χ2v) is 2.53. The molecule has 0 atom stereocenters. The molecule has 0 saturated heterocycles. The fraction of sp³-hybridized carbons (Fsp3) is 0.714. The zero-order chi connectivity index (χ0) is 10.7. The third-order valence-corrected chi connectivity index (χ3v) is 1.41. The molecule has 6 heteroatoms. The highest BCUT2D eigenvalue weighted by molar-refractivity contribution is 4.88. The number of hydrogen-bond donors (Lipinski definition) is 0. The van der Waals surface area contributed by atoms with Crippen LogP contribution in [0.2, 0.25) is 0 Å². The number of alkyl halides is 6. The third kappa shape index (κ3) is 4.19. The van der Waals surface area contributed by atoms with Gasteiger partial charge in [-0.05, 0) is 6.08 Å². The predicted molar refractivity (Wildman–Crippen MR) is 35.3 cm³/mol. The number of allylic oxidation sites excluding steroid dienone is 1. The van der Waals surface area contributed by atoms with Crippen molar-refractivity contribution >= 4 is 0 Å². The first kappa shape index (κ1) is 12.3. The molecular weight excluding hydrogens is 198 g/mol. The summed E-state index contributed by atoms with van der Waals surface area (Å²) in [5, 5.41) is 0. The van der Waals surface area contributed by atoms with E-state index in [4.69, 9.17) is 0 Å². The lowest BCUT2D eigenvalue weighted by Crippen LogP contribution is -2.29. The molecule has 0 rings (SSSR count). The Labute approximate surface area is 71.2 Å². The summed E-state index contributed by atoms with van der Waals surface area (Å²) >= 11 is 0. The molecule has 0 aromatic carbocycles. The van der Waals surface area contributed by atoms with Gasteiger partial charge in [-0.2, -0.15) is 0 Å². The van der Waals surface area contributed by atoms with Crippen LogP contribution in [-0.4, -0.2) is 18.3 Å². The Morgan fingerprint density at radius 2 is 1.54 bits per heavy atom. The van der Waals surface area contributed by atoms with E-state index in [0.717, 1.165) is 0 Å². The van der Waals surface area contributed by atoms with Gasteiger partial charge in [0.05, 0.1) is 0 Å². The van der Waals surface area contributed by atoms with E-state index in [0.29, 0.717) is 0 Å². The molecule has 0 aliphatic carbocycles. The Hall–Kier alpha value is -0.680. The maximum atomic E-state index is 12.3. The van der Waals surface area contributed by atoms with E-state index < -0.39 is 31.1 Å². The van der Waals surface area contributed by atoms with Gasteiger partial charge >= 0.3 is 12.3 Å². The predicted octanol–water partition coefficient (Wildman–Crippen LogP) is 3.49. The summed E-state index contributed by atoms with van der Waals surface area (Å²) in [6, 6.07) is 0. The molecule has 0 radical (unpaired) electrons. The molecule has 0 aromatic rings. The lowest BCUT2D eigenvalue weighted by atomic mass is 10.1. The fourth-order valence-corrected chi connectivity index (χ4v) is 0.544. The van der Waals surface area contributed by atoms with E-state index in [1.54, 1.807) is 0 Å². The minimum absolute atomic E-state index is 0.161. The second kappa shape index (κ2) is 4.02. The van der Waals surface area contributed by atoms with Crippen LogP contribution < -0.4 is 0 Å². The van der Waals surface area contributed by atoms with Gasteiger partial charge in [0.15, 0.2) is 0 Å². The molecule has 0 amide bonds. The van der Waals surface area contributed by atoms with Gasteiger partial charge in [-0.15, -0.1) is 0 Å². The summed E-state index contributed by atoms with van der Waals surface area (Å²) in [5.41, 5.74) is 0. The van der Waals surface area contributed by atoms with Gasteiger partial charge in [0, 0.05) is 12.8 Å². The lowest BCUT2D eigenvalue weighted by molar-refractivity contribution is -0.142. The van der Waals surface area contributed by atoms with E-state index in [1.165, 1.54) is 0 Å². The molecule has 0 spiro atoms. The summed E-state index contributed by atoms with van der Waals surface area (Å²) in [4.78, 5) is 0. The van der Waals surface area contributed by atoms with Gasteiger partial charge in [-0.1, -0.05) is 6.58 Å². The number of hydrogen-bond acceptors (Lipinski definition) is 0. The molecule has 0 bridgehead atoms. The Bertz CT molecular complexity index is 174. The summed E-state index contributed by atoms with van der Waals surface area (Å²) < 4.78 is 71.6. The first-order chi connectivity index (χ1) is 5.71. The molecule has 0 saturated carbocycles. The van der Waals surface area contributed by atoms with Gasteiger partial charge in [0.1, 0.15) is 0 Å². The van der Waals surface area contributed by atoms with Crippen LogP contribution in [0.5, 0.6) is 0 Å². The molecule has 0 fully saturated rings. The van der Waals surface area contributed by atoms with Crippen molar-refractivity contribution in [2.45, 2.75) is 31.1 Å². The molecule has 0 aliphatic rings. The molecule has 0 nitrogen and oxygen atoms in total. The van der Waals surface area contributed by atoms with E-state index in [-0.39, 0.29) is 6.08 Å². The largest absolute Gasteiger partial charge is 0.307 e. The Morgan fingerprint density at radius 1 is 1.08 bits per heavy atom. The second-order valence-electron chi connectivity index (χ2n) is 2.53. The molecule has 78 valence electrons. The summed E-state index contributed by atoms with van der Waals surface area (Å²) in [6.07, 6.45) is -6.63. The number of rotatable bonds is 5. The Balaban J connectivity index is 4.09. The highest BCUT2D eigenvalue weighted by Gasteiger charge is 2.42. The van der Waals surface area contributed by atoms with Crippen LogP contribution in [0.15, 0.2) is 12.7 Å². The average molecular weight is 206 g/mol. The van der Waals surface area contributed by atoms with E-state index in [1.807, 2.05) is 0 Å². The standard InChI is InChI=1S/C7H8F6/c1-2-6(10,11)3-4-7(12,13)5(8)9/h2,5H,1,3-4H2. The van der Waals surface area contributed by atoms with Crippen LogP contribution in [-0.2, 0) is 0 Å². The van der Waals surface area contributed by atoms with Crippen molar-refractivity contribution < 1.29 is 26.3 Å². The van der Waals surface area contributed by atoms with E-state index >= 15 is 0 Å². The maximum Gasteiger partial charge on any atom is 0.307 e. The van der Waals surface area contributed by atoms with Gasteiger partial charge in [0.25, 0.3) is 5.92 Å². The topological polar surface area (TPSA) is 0 Å². The van der Waals surface area contributed by atoms with Crippen LogP contribution >= 0.6 is 0 Å². The smallest absolute Gasteiger partial charge is 0.204 e. The minimum atomic E-state index is -4.35. The summed E-state index contributed by atoms with van der Waals surface area (Å²) in [7, 11) is 0. The third-order valence-electron chi connectivity index (χ3n) is 1.41. The van der Waals surface area contributed by atoms with E-state index in [9.17, 15) is 26.3 Å². The molecular formula is C7H8F6. The summed E-state index contributed by atoms with van der Waals surface area (Å²) in [6.45, 7) is 2.70. The van der Waals surface area contributed by atoms with Crippen LogP contribution in [0, 0.1) is 0 Å². The molecule has 0 heterocycles. The Kier molecular flexibility index (Phi) is 3.81. The zero-order valence-electron chi connectivity index (χ0n) is 6.54. The highest BCUT2D eigenvalue weighted by atomic mass is 19.3. The number of halogens is 6. The monoisotopic (exact) mass is 206 g/mol. The van der Waals surface area contributed by atoms with Crippen LogP contribution in [0.3, 0.4) is 0 Å². The zero-order valence-corrected chi connectivity index (χ0v) is 6.54. The minimum Gasteiger partial charge on any atom is -0.204 e. The lowest BCUT2D eigenvalue weighted by Gasteiger charge is -2.17. The van der Waals surface area contributed by atoms with Crippen LogP contribution in [0.25, 0.3) is 0 Å². The van der Waals surface area contributed by atoms with Gasteiger partial charge in [-0.25, -0.2) is 26.3 Å².